The molecule has 0 radical (unpaired) electrons. The average molecular weight is 412 g/mol. The van der Waals surface area contributed by atoms with Gasteiger partial charge in [-0.25, -0.2) is 9.78 Å². The third-order valence-corrected chi connectivity index (χ3v) is 6.50. The van der Waals surface area contributed by atoms with Gasteiger partial charge in [-0.3, -0.25) is 9.59 Å². The van der Waals surface area contributed by atoms with Gasteiger partial charge in [-0.2, -0.15) is 0 Å². The van der Waals surface area contributed by atoms with Crippen LogP contribution in [0.15, 0.2) is 34.0 Å². The van der Waals surface area contributed by atoms with E-state index in [-0.39, 0.29) is 23.7 Å². The molecule has 2 amide bonds. The molecule has 30 heavy (non-hydrogen) atoms. The first-order chi connectivity index (χ1) is 14.4. The number of imidazole rings is 1. The number of likely N-dealkylation sites (tertiary alicyclic amines) is 1. The number of fused-ring (bicyclic) bond motifs is 1. The van der Waals surface area contributed by atoms with Gasteiger partial charge in [0.2, 0.25) is 5.91 Å². The predicted molar refractivity (Wildman–Crippen MR) is 110 cm³/mol. The predicted octanol–water partition coefficient (Wildman–Crippen LogP) is 1.76. The van der Waals surface area contributed by atoms with Crippen molar-refractivity contribution in [3.05, 3.63) is 52.1 Å². The second kappa shape index (κ2) is 8.45. The number of aryl methyl sites for hydroxylation is 3. The maximum Gasteiger partial charge on any atom is 0.336 e. The van der Waals surface area contributed by atoms with Gasteiger partial charge in [-0.1, -0.05) is 0 Å². The summed E-state index contributed by atoms with van der Waals surface area (Å²) in [7, 11) is 0. The molecule has 8 heteroatoms. The Hall–Kier alpha value is -2.90. The number of carbonyl (C=O) groups is 2. The Morgan fingerprint density at radius 3 is 2.90 bits per heavy atom. The zero-order valence-corrected chi connectivity index (χ0v) is 17.5. The lowest BCUT2D eigenvalue weighted by atomic mass is 9.61. The molecule has 160 valence electrons. The van der Waals surface area contributed by atoms with Gasteiger partial charge >= 0.3 is 5.63 Å². The van der Waals surface area contributed by atoms with Gasteiger partial charge < -0.3 is 19.2 Å². The Morgan fingerprint density at radius 1 is 1.33 bits per heavy atom. The fourth-order valence-corrected chi connectivity index (χ4v) is 4.83. The molecule has 1 aliphatic carbocycles. The van der Waals surface area contributed by atoms with E-state index in [0.717, 1.165) is 25.8 Å². The summed E-state index contributed by atoms with van der Waals surface area (Å²) in [6.45, 7) is 6.12. The van der Waals surface area contributed by atoms with Crippen LogP contribution in [0.3, 0.4) is 0 Å². The van der Waals surface area contributed by atoms with E-state index in [9.17, 15) is 14.4 Å². The number of piperidine rings is 1. The maximum absolute atomic E-state index is 13.1. The fourth-order valence-electron chi connectivity index (χ4n) is 4.83. The Kier molecular flexibility index (Phi) is 5.74. The van der Waals surface area contributed by atoms with E-state index >= 15 is 0 Å². The van der Waals surface area contributed by atoms with Crippen LogP contribution in [0.4, 0.5) is 0 Å². The van der Waals surface area contributed by atoms with Crippen molar-refractivity contribution in [1.82, 2.24) is 19.8 Å². The van der Waals surface area contributed by atoms with Gasteiger partial charge in [0.05, 0.1) is 11.9 Å². The van der Waals surface area contributed by atoms with Crippen LogP contribution in [0.2, 0.25) is 0 Å². The Bertz CT molecular complexity index is 955. The Balaban J connectivity index is 1.32. The zero-order valence-electron chi connectivity index (χ0n) is 17.5. The normalized spacial score (nSPS) is 22.9. The van der Waals surface area contributed by atoms with Gasteiger partial charge in [0, 0.05) is 50.6 Å². The smallest absolute Gasteiger partial charge is 0.336 e. The van der Waals surface area contributed by atoms with Crippen LogP contribution in [0, 0.1) is 31.6 Å². The number of nitrogens with zero attached hydrogens (tertiary/aromatic N) is 3. The quantitative estimate of drug-likeness (QED) is 0.729. The van der Waals surface area contributed by atoms with Crippen LogP contribution in [0.5, 0.6) is 0 Å². The molecule has 0 aromatic carbocycles. The molecular formula is C22H28N4O4. The molecule has 0 unspecified atom stereocenters. The zero-order chi connectivity index (χ0) is 21.3. The molecule has 2 aromatic rings. The van der Waals surface area contributed by atoms with Gasteiger partial charge in [-0.15, -0.1) is 0 Å². The molecule has 1 saturated carbocycles. The summed E-state index contributed by atoms with van der Waals surface area (Å²) < 4.78 is 7.12. The molecule has 1 N–H and O–H groups in total. The molecule has 1 aliphatic heterocycles. The summed E-state index contributed by atoms with van der Waals surface area (Å²) in [6.07, 6.45) is 8.09. The molecular weight excluding hydrogens is 384 g/mol. The molecule has 2 aromatic heterocycles. The maximum atomic E-state index is 13.1. The molecule has 0 bridgehead atoms. The SMILES string of the molecule is Cc1cc(=O)oc(C)c1C(=O)N1CC[C@@H]2C[C@@H](C(=O)NCCCn3ccnc3)[C@@H]2C1. The average Bonchev–Trinajstić information content (AvgIpc) is 3.19. The van der Waals surface area contributed by atoms with E-state index in [0.29, 0.717) is 42.4 Å². The summed E-state index contributed by atoms with van der Waals surface area (Å²) in [5.74, 6) is 1.01. The molecule has 8 nitrogen and oxygen atoms in total. The second-order valence-corrected chi connectivity index (χ2v) is 8.43. The highest BCUT2D eigenvalue weighted by Crippen LogP contribution is 2.46. The number of rotatable bonds is 6. The third-order valence-electron chi connectivity index (χ3n) is 6.50. The molecule has 4 rings (SSSR count). The van der Waals surface area contributed by atoms with Crippen LogP contribution in [-0.4, -0.2) is 45.9 Å². The van der Waals surface area contributed by atoms with E-state index in [1.807, 2.05) is 15.7 Å². The number of hydrogen-bond donors (Lipinski definition) is 1. The van der Waals surface area contributed by atoms with Crippen molar-refractivity contribution in [2.45, 2.75) is 39.7 Å². The fraction of sp³-hybridized carbons (Fsp3) is 0.545. The summed E-state index contributed by atoms with van der Waals surface area (Å²) >= 11 is 0. The first kappa shape index (κ1) is 20.4. The molecule has 1 saturated heterocycles. The van der Waals surface area contributed by atoms with E-state index < -0.39 is 5.63 Å². The van der Waals surface area contributed by atoms with Crippen LogP contribution >= 0.6 is 0 Å². The Labute approximate surface area is 175 Å². The van der Waals surface area contributed by atoms with Crippen molar-refractivity contribution < 1.29 is 14.0 Å². The van der Waals surface area contributed by atoms with Crippen LogP contribution in [0.25, 0.3) is 0 Å². The number of nitrogens with one attached hydrogen (secondary N) is 1. The Morgan fingerprint density at radius 2 is 2.17 bits per heavy atom. The lowest BCUT2D eigenvalue weighted by Crippen LogP contribution is -2.56. The molecule has 2 aliphatic rings. The highest BCUT2D eigenvalue weighted by molar-refractivity contribution is 5.96. The lowest BCUT2D eigenvalue weighted by Gasteiger charge is -2.50. The van der Waals surface area contributed by atoms with Crippen molar-refractivity contribution in [2.75, 3.05) is 19.6 Å². The topological polar surface area (TPSA) is 97.4 Å². The number of aromatic nitrogens is 2. The third kappa shape index (κ3) is 4.04. The standard InChI is InChI=1S/C22H28N4O4/c1-14-10-19(27)30-15(2)20(14)22(29)26-8-4-16-11-17(18(16)12-26)21(28)24-5-3-7-25-9-6-23-13-25/h6,9-10,13,16-18H,3-5,7-8,11-12H2,1-2H3,(H,24,28)/t16-,17-,18-/m1/s1. The van der Waals surface area contributed by atoms with Crippen molar-refractivity contribution >= 4 is 11.8 Å². The lowest BCUT2D eigenvalue weighted by molar-refractivity contribution is -0.136. The van der Waals surface area contributed by atoms with Crippen LogP contribution < -0.4 is 10.9 Å². The highest BCUT2D eigenvalue weighted by Gasteiger charge is 2.48. The van der Waals surface area contributed by atoms with Gasteiger partial charge in [0.1, 0.15) is 5.76 Å². The van der Waals surface area contributed by atoms with E-state index in [2.05, 4.69) is 10.3 Å². The summed E-state index contributed by atoms with van der Waals surface area (Å²) in [6, 6.07) is 1.36. The number of carbonyl (C=O) groups excluding carboxylic acids is 2. The first-order valence-electron chi connectivity index (χ1n) is 10.6. The second-order valence-electron chi connectivity index (χ2n) is 8.43. The van der Waals surface area contributed by atoms with Crippen molar-refractivity contribution in [3.8, 4) is 0 Å². The minimum atomic E-state index is -0.441. The first-order valence-corrected chi connectivity index (χ1v) is 10.6. The van der Waals surface area contributed by atoms with Crippen molar-refractivity contribution in [3.63, 3.8) is 0 Å². The molecule has 3 atom stereocenters. The summed E-state index contributed by atoms with van der Waals surface area (Å²) in [5.41, 5.74) is 0.661. The highest BCUT2D eigenvalue weighted by atomic mass is 16.4. The summed E-state index contributed by atoms with van der Waals surface area (Å²) in [4.78, 5) is 43.1. The van der Waals surface area contributed by atoms with E-state index in [4.69, 9.17) is 4.42 Å². The van der Waals surface area contributed by atoms with E-state index in [1.165, 1.54) is 6.07 Å². The van der Waals surface area contributed by atoms with Crippen LogP contribution in [0.1, 0.15) is 40.9 Å². The number of amides is 2. The minimum absolute atomic E-state index is 0.0326. The van der Waals surface area contributed by atoms with Crippen LogP contribution in [-0.2, 0) is 11.3 Å². The monoisotopic (exact) mass is 412 g/mol. The molecule has 0 spiro atoms. The van der Waals surface area contributed by atoms with Gasteiger partial charge in [-0.05, 0) is 50.5 Å². The van der Waals surface area contributed by atoms with E-state index in [1.54, 1.807) is 26.4 Å². The van der Waals surface area contributed by atoms with Gasteiger partial charge in [0.15, 0.2) is 0 Å². The molecule has 2 fully saturated rings. The van der Waals surface area contributed by atoms with Crippen molar-refractivity contribution in [1.29, 1.82) is 0 Å². The molecule has 3 heterocycles. The summed E-state index contributed by atoms with van der Waals surface area (Å²) in [5, 5.41) is 3.05. The minimum Gasteiger partial charge on any atom is -0.427 e. The number of hydrogen-bond acceptors (Lipinski definition) is 5. The van der Waals surface area contributed by atoms with Gasteiger partial charge in [0.25, 0.3) is 5.91 Å². The largest absolute Gasteiger partial charge is 0.427 e. The van der Waals surface area contributed by atoms with Crippen molar-refractivity contribution in [2.24, 2.45) is 17.8 Å².